The van der Waals surface area contributed by atoms with Crippen molar-refractivity contribution in [3.63, 3.8) is 0 Å². The van der Waals surface area contributed by atoms with Crippen molar-refractivity contribution in [2.24, 2.45) is 5.73 Å². The molecule has 4 nitrogen and oxygen atoms in total. The van der Waals surface area contributed by atoms with Crippen molar-refractivity contribution in [3.8, 4) is 0 Å². The van der Waals surface area contributed by atoms with Crippen LogP contribution in [0.25, 0.3) is 0 Å². The molecule has 4 heteroatoms. The lowest BCUT2D eigenvalue weighted by Crippen LogP contribution is -2.47. The van der Waals surface area contributed by atoms with E-state index in [1.807, 2.05) is 30.3 Å². The summed E-state index contributed by atoms with van der Waals surface area (Å²) in [5.41, 5.74) is 6.82. The van der Waals surface area contributed by atoms with Crippen molar-refractivity contribution < 1.29 is 9.90 Å². The number of nitrogens with zero attached hydrogens (tertiary/aromatic N) is 1. The van der Waals surface area contributed by atoms with Crippen LogP contribution >= 0.6 is 0 Å². The number of nitrogens with two attached hydrogens (primary N) is 1. The van der Waals surface area contributed by atoms with Crippen LogP contribution in [0.15, 0.2) is 30.3 Å². The van der Waals surface area contributed by atoms with E-state index in [1.54, 1.807) is 0 Å². The van der Waals surface area contributed by atoms with Gasteiger partial charge in [0.15, 0.2) is 0 Å². The first-order valence-corrected chi connectivity index (χ1v) is 6.85. The van der Waals surface area contributed by atoms with Crippen LogP contribution in [0.1, 0.15) is 31.2 Å². The summed E-state index contributed by atoms with van der Waals surface area (Å²) in [7, 11) is 0. The highest BCUT2D eigenvalue weighted by Crippen LogP contribution is 2.22. The molecule has 0 aliphatic carbocycles. The van der Waals surface area contributed by atoms with Gasteiger partial charge in [-0.3, -0.25) is 9.69 Å². The van der Waals surface area contributed by atoms with Gasteiger partial charge in [0.2, 0.25) is 0 Å². The number of carboxylic acid groups (broad SMARTS) is 1. The van der Waals surface area contributed by atoms with Gasteiger partial charge < -0.3 is 10.8 Å². The maximum absolute atomic E-state index is 11.5. The van der Waals surface area contributed by atoms with Crippen molar-refractivity contribution in [2.45, 2.75) is 37.8 Å². The maximum Gasteiger partial charge on any atom is 0.312 e. The quantitative estimate of drug-likeness (QED) is 0.866. The molecule has 0 amide bonds. The number of piperidine rings is 1. The minimum Gasteiger partial charge on any atom is -0.481 e. The summed E-state index contributed by atoms with van der Waals surface area (Å²) in [6.07, 6.45) is 1.90. The van der Waals surface area contributed by atoms with Crippen LogP contribution < -0.4 is 5.73 Å². The molecule has 0 bridgehead atoms. The van der Waals surface area contributed by atoms with E-state index >= 15 is 0 Å². The van der Waals surface area contributed by atoms with Crippen molar-refractivity contribution in [1.29, 1.82) is 0 Å². The second-order valence-corrected chi connectivity index (χ2v) is 5.43. The fourth-order valence-corrected chi connectivity index (χ4v) is 2.77. The zero-order valence-electron chi connectivity index (χ0n) is 11.3. The standard InChI is InChI=1S/C15H22N2O2/c1-11-9-13(16)7-8-17(11)10-14(15(18)19)12-5-3-2-4-6-12/h2-6,11,13-14H,7-10,16H2,1H3,(H,18,19). The van der Waals surface area contributed by atoms with E-state index in [-0.39, 0.29) is 6.04 Å². The molecule has 0 aromatic heterocycles. The van der Waals surface area contributed by atoms with Gasteiger partial charge in [-0.1, -0.05) is 30.3 Å². The fourth-order valence-electron chi connectivity index (χ4n) is 2.77. The molecular weight excluding hydrogens is 240 g/mol. The number of likely N-dealkylation sites (tertiary alicyclic amines) is 1. The summed E-state index contributed by atoms with van der Waals surface area (Å²) in [6.45, 7) is 3.58. The SMILES string of the molecule is CC1CC(N)CCN1CC(C(=O)O)c1ccccc1. The summed E-state index contributed by atoms with van der Waals surface area (Å²) in [5, 5.41) is 9.44. The summed E-state index contributed by atoms with van der Waals surface area (Å²) in [5.74, 6) is -1.22. The molecule has 3 atom stereocenters. The van der Waals surface area contributed by atoms with E-state index in [1.165, 1.54) is 0 Å². The molecule has 1 heterocycles. The van der Waals surface area contributed by atoms with Crippen LogP contribution in [0.3, 0.4) is 0 Å². The largest absolute Gasteiger partial charge is 0.481 e. The Morgan fingerprint density at radius 3 is 2.74 bits per heavy atom. The smallest absolute Gasteiger partial charge is 0.312 e. The van der Waals surface area contributed by atoms with Crippen molar-refractivity contribution in [1.82, 2.24) is 4.90 Å². The molecule has 104 valence electrons. The normalized spacial score (nSPS) is 26.0. The number of benzene rings is 1. The van der Waals surface area contributed by atoms with E-state index in [0.29, 0.717) is 12.6 Å². The predicted octanol–water partition coefficient (Wildman–Crippen LogP) is 1.67. The van der Waals surface area contributed by atoms with Gasteiger partial charge in [0, 0.05) is 18.6 Å². The zero-order chi connectivity index (χ0) is 13.8. The third kappa shape index (κ3) is 3.55. The summed E-state index contributed by atoms with van der Waals surface area (Å²) in [6, 6.07) is 10.1. The highest BCUT2D eigenvalue weighted by Gasteiger charge is 2.28. The third-order valence-corrected chi connectivity index (χ3v) is 3.97. The van der Waals surface area contributed by atoms with Gasteiger partial charge in [-0.05, 0) is 31.9 Å². The second-order valence-electron chi connectivity index (χ2n) is 5.43. The van der Waals surface area contributed by atoms with Crippen molar-refractivity contribution in [2.75, 3.05) is 13.1 Å². The topological polar surface area (TPSA) is 66.6 Å². The molecule has 1 aromatic carbocycles. The lowest BCUT2D eigenvalue weighted by molar-refractivity contribution is -0.139. The summed E-state index contributed by atoms with van der Waals surface area (Å²) >= 11 is 0. The molecule has 0 spiro atoms. The minimum absolute atomic E-state index is 0.256. The van der Waals surface area contributed by atoms with E-state index in [4.69, 9.17) is 5.73 Å². The molecule has 2 rings (SSSR count). The first-order chi connectivity index (χ1) is 9.08. The fraction of sp³-hybridized carbons (Fsp3) is 0.533. The highest BCUT2D eigenvalue weighted by molar-refractivity contribution is 5.76. The van der Waals surface area contributed by atoms with E-state index < -0.39 is 11.9 Å². The van der Waals surface area contributed by atoms with Gasteiger partial charge in [-0.2, -0.15) is 0 Å². The summed E-state index contributed by atoms with van der Waals surface area (Å²) < 4.78 is 0. The van der Waals surface area contributed by atoms with Crippen LogP contribution in [0.5, 0.6) is 0 Å². The number of hydrogen-bond acceptors (Lipinski definition) is 3. The number of hydrogen-bond donors (Lipinski definition) is 2. The van der Waals surface area contributed by atoms with Crippen LogP contribution in [0.2, 0.25) is 0 Å². The van der Waals surface area contributed by atoms with Gasteiger partial charge in [0.05, 0.1) is 5.92 Å². The van der Waals surface area contributed by atoms with Crippen molar-refractivity contribution in [3.05, 3.63) is 35.9 Å². The molecular formula is C15H22N2O2. The molecule has 0 radical (unpaired) electrons. The van der Waals surface area contributed by atoms with Gasteiger partial charge in [-0.25, -0.2) is 0 Å². The van der Waals surface area contributed by atoms with E-state index in [2.05, 4.69) is 11.8 Å². The number of rotatable bonds is 4. The zero-order valence-corrected chi connectivity index (χ0v) is 11.3. The molecule has 1 aliphatic heterocycles. The van der Waals surface area contributed by atoms with Crippen molar-refractivity contribution >= 4 is 5.97 Å². The minimum atomic E-state index is -0.756. The molecule has 19 heavy (non-hydrogen) atoms. The Balaban J connectivity index is 2.07. The lowest BCUT2D eigenvalue weighted by atomic mass is 9.94. The second kappa shape index (κ2) is 6.17. The number of aliphatic carboxylic acids is 1. The van der Waals surface area contributed by atoms with Crippen LogP contribution in [-0.4, -0.2) is 41.1 Å². The molecule has 0 saturated carbocycles. The predicted molar refractivity (Wildman–Crippen MR) is 75.1 cm³/mol. The Kier molecular flexibility index (Phi) is 4.56. The molecule has 1 aromatic rings. The Morgan fingerprint density at radius 2 is 2.16 bits per heavy atom. The Labute approximate surface area is 114 Å². The molecule has 3 unspecified atom stereocenters. The first kappa shape index (κ1) is 14.0. The van der Waals surface area contributed by atoms with Gasteiger partial charge in [0.25, 0.3) is 0 Å². The lowest BCUT2D eigenvalue weighted by Gasteiger charge is -2.37. The highest BCUT2D eigenvalue weighted by atomic mass is 16.4. The first-order valence-electron chi connectivity index (χ1n) is 6.85. The summed E-state index contributed by atoms with van der Waals surface area (Å²) in [4.78, 5) is 13.7. The molecule has 3 N–H and O–H groups in total. The Bertz CT molecular complexity index is 421. The van der Waals surface area contributed by atoms with Crippen LogP contribution in [-0.2, 0) is 4.79 Å². The van der Waals surface area contributed by atoms with Crippen LogP contribution in [0.4, 0.5) is 0 Å². The van der Waals surface area contributed by atoms with Crippen LogP contribution in [0, 0.1) is 0 Å². The number of carboxylic acids is 1. The Hall–Kier alpha value is -1.39. The molecule has 1 fully saturated rings. The molecule has 1 aliphatic rings. The monoisotopic (exact) mass is 262 g/mol. The maximum atomic E-state index is 11.5. The van der Waals surface area contributed by atoms with Gasteiger partial charge in [-0.15, -0.1) is 0 Å². The van der Waals surface area contributed by atoms with E-state index in [0.717, 1.165) is 24.9 Å². The van der Waals surface area contributed by atoms with Gasteiger partial charge in [0.1, 0.15) is 0 Å². The van der Waals surface area contributed by atoms with E-state index in [9.17, 15) is 9.90 Å². The van der Waals surface area contributed by atoms with Gasteiger partial charge >= 0.3 is 5.97 Å². The average molecular weight is 262 g/mol. The third-order valence-electron chi connectivity index (χ3n) is 3.97. The average Bonchev–Trinajstić information content (AvgIpc) is 2.38. The Morgan fingerprint density at radius 1 is 1.47 bits per heavy atom. The number of carbonyl (C=O) groups is 1. The molecule has 1 saturated heterocycles.